The molecule has 3 heteroatoms. The molecule has 1 rings (SSSR count). The molecular formula is C13H23NOS. The number of rotatable bonds is 6. The molecular weight excluding hydrogens is 218 g/mol. The predicted molar refractivity (Wildman–Crippen MR) is 71.7 cm³/mol. The topological polar surface area (TPSA) is 29.1 Å². The second-order valence-electron chi connectivity index (χ2n) is 4.38. The van der Waals surface area contributed by atoms with Gasteiger partial charge in [0, 0.05) is 12.0 Å². The van der Waals surface area contributed by atoms with Crippen molar-refractivity contribution in [2.75, 3.05) is 11.5 Å². The molecule has 0 heterocycles. The summed E-state index contributed by atoms with van der Waals surface area (Å²) in [5, 5.41) is 3.12. The Morgan fingerprint density at radius 2 is 2.38 bits per heavy atom. The number of thioether (sulfide) groups is 1. The third kappa shape index (κ3) is 5.06. The van der Waals surface area contributed by atoms with E-state index in [-0.39, 0.29) is 11.8 Å². The van der Waals surface area contributed by atoms with Gasteiger partial charge in [-0.25, -0.2) is 0 Å². The standard InChI is InChI=1S/C13H23NOS/c1-3-16-10-9-11(2)14-13(15)12-7-5-4-6-8-12/h4-5,11-12H,3,6-10H2,1-2H3,(H,14,15)/t11-,12+/m0/s1. The molecule has 0 spiro atoms. The molecule has 0 aromatic heterocycles. The first-order valence-electron chi connectivity index (χ1n) is 6.27. The highest BCUT2D eigenvalue weighted by atomic mass is 32.2. The summed E-state index contributed by atoms with van der Waals surface area (Å²) in [7, 11) is 0. The van der Waals surface area contributed by atoms with Crippen LogP contribution in [0.3, 0.4) is 0 Å². The first-order valence-corrected chi connectivity index (χ1v) is 7.42. The Hall–Kier alpha value is -0.440. The van der Waals surface area contributed by atoms with Crippen LogP contribution in [0, 0.1) is 5.92 Å². The SMILES string of the molecule is CCSCC[C@H](C)NC(=O)[C@@H]1CC=CCC1. The lowest BCUT2D eigenvalue weighted by molar-refractivity contribution is -0.125. The van der Waals surface area contributed by atoms with Crippen LogP contribution in [0.5, 0.6) is 0 Å². The summed E-state index contributed by atoms with van der Waals surface area (Å²) in [6.07, 6.45) is 8.36. The van der Waals surface area contributed by atoms with Crippen LogP contribution in [-0.2, 0) is 4.79 Å². The van der Waals surface area contributed by atoms with E-state index in [1.54, 1.807) is 0 Å². The van der Waals surface area contributed by atoms with Crippen LogP contribution in [0.1, 0.15) is 39.5 Å². The second-order valence-corrected chi connectivity index (χ2v) is 5.77. The molecule has 0 fully saturated rings. The van der Waals surface area contributed by atoms with Crippen molar-refractivity contribution in [3.63, 3.8) is 0 Å². The highest BCUT2D eigenvalue weighted by molar-refractivity contribution is 7.99. The molecule has 0 radical (unpaired) electrons. The van der Waals surface area contributed by atoms with Gasteiger partial charge in [-0.1, -0.05) is 19.1 Å². The maximum Gasteiger partial charge on any atom is 0.223 e. The van der Waals surface area contributed by atoms with Crippen LogP contribution in [0.15, 0.2) is 12.2 Å². The molecule has 16 heavy (non-hydrogen) atoms. The summed E-state index contributed by atoms with van der Waals surface area (Å²) in [5.74, 6) is 2.76. The summed E-state index contributed by atoms with van der Waals surface area (Å²) in [6, 6.07) is 0.317. The molecule has 1 N–H and O–H groups in total. The van der Waals surface area contributed by atoms with Crippen LogP contribution in [0.2, 0.25) is 0 Å². The van der Waals surface area contributed by atoms with E-state index < -0.39 is 0 Å². The van der Waals surface area contributed by atoms with E-state index in [0.29, 0.717) is 6.04 Å². The maximum absolute atomic E-state index is 11.9. The van der Waals surface area contributed by atoms with E-state index in [1.807, 2.05) is 11.8 Å². The summed E-state index contributed by atoms with van der Waals surface area (Å²) in [5.41, 5.74) is 0. The van der Waals surface area contributed by atoms with Crippen molar-refractivity contribution in [3.8, 4) is 0 Å². The molecule has 92 valence electrons. The lowest BCUT2D eigenvalue weighted by atomic mass is 9.93. The van der Waals surface area contributed by atoms with Gasteiger partial charge in [-0.3, -0.25) is 4.79 Å². The van der Waals surface area contributed by atoms with Crippen LogP contribution in [-0.4, -0.2) is 23.5 Å². The van der Waals surface area contributed by atoms with Crippen LogP contribution in [0.25, 0.3) is 0 Å². The lowest BCUT2D eigenvalue weighted by Crippen LogP contribution is -2.37. The van der Waals surface area contributed by atoms with Crippen LogP contribution < -0.4 is 5.32 Å². The van der Waals surface area contributed by atoms with Crippen molar-refractivity contribution in [2.45, 2.75) is 45.6 Å². The van der Waals surface area contributed by atoms with Gasteiger partial charge in [0.1, 0.15) is 0 Å². The van der Waals surface area contributed by atoms with Gasteiger partial charge in [-0.15, -0.1) is 0 Å². The van der Waals surface area contributed by atoms with E-state index in [4.69, 9.17) is 0 Å². The Balaban J connectivity index is 2.19. The van der Waals surface area contributed by atoms with Gasteiger partial charge in [0.05, 0.1) is 0 Å². The van der Waals surface area contributed by atoms with Crippen LogP contribution >= 0.6 is 11.8 Å². The molecule has 2 atom stereocenters. The van der Waals surface area contributed by atoms with Crippen molar-refractivity contribution in [2.24, 2.45) is 5.92 Å². The van der Waals surface area contributed by atoms with Crippen molar-refractivity contribution < 1.29 is 4.79 Å². The van der Waals surface area contributed by atoms with E-state index in [1.165, 1.54) is 0 Å². The quantitative estimate of drug-likeness (QED) is 0.572. The number of hydrogen-bond acceptors (Lipinski definition) is 2. The molecule has 1 amide bonds. The van der Waals surface area contributed by atoms with Crippen molar-refractivity contribution in [3.05, 3.63) is 12.2 Å². The Bertz CT molecular complexity index is 240. The second kappa shape index (κ2) is 7.77. The number of allylic oxidation sites excluding steroid dienone is 2. The fourth-order valence-corrected chi connectivity index (χ4v) is 2.68. The number of amides is 1. The normalized spacial score (nSPS) is 21.8. The minimum absolute atomic E-state index is 0.214. The number of carbonyl (C=O) groups is 1. The van der Waals surface area contributed by atoms with Crippen LogP contribution in [0.4, 0.5) is 0 Å². The predicted octanol–water partition coefficient (Wildman–Crippen LogP) is 2.99. The summed E-state index contributed by atoms with van der Waals surface area (Å²) in [4.78, 5) is 11.9. The van der Waals surface area contributed by atoms with E-state index in [2.05, 4.69) is 31.3 Å². The fourth-order valence-electron chi connectivity index (χ4n) is 1.87. The van der Waals surface area contributed by atoms with Gasteiger partial charge in [0.25, 0.3) is 0 Å². The molecule has 0 unspecified atom stereocenters. The van der Waals surface area contributed by atoms with Gasteiger partial charge < -0.3 is 5.32 Å². The number of nitrogens with one attached hydrogen (secondary N) is 1. The third-order valence-electron chi connectivity index (χ3n) is 2.93. The molecule has 0 saturated carbocycles. The molecule has 0 aromatic rings. The Morgan fingerprint density at radius 1 is 1.56 bits per heavy atom. The van der Waals surface area contributed by atoms with Gasteiger partial charge in [-0.2, -0.15) is 11.8 Å². The molecule has 0 aromatic carbocycles. The zero-order valence-corrected chi connectivity index (χ0v) is 11.2. The van der Waals surface area contributed by atoms with Gasteiger partial charge in [-0.05, 0) is 44.1 Å². The van der Waals surface area contributed by atoms with Gasteiger partial charge >= 0.3 is 0 Å². The highest BCUT2D eigenvalue weighted by Gasteiger charge is 2.19. The zero-order valence-electron chi connectivity index (χ0n) is 10.4. The van der Waals surface area contributed by atoms with E-state index in [0.717, 1.165) is 37.2 Å². The van der Waals surface area contributed by atoms with E-state index >= 15 is 0 Å². The first kappa shape index (κ1) is 13.6. The molecule has 1 aliphatic rings. The first-order chi connectivity index (χ1) is 7.74. The molecule has 0 bridgehead atoms. The Labute approximate surface area is 103 Å². The molecule has 0 aliphatic heterocycles. The smallest absolute Gasteiger partial charge is 0.223 e. The Kier molecular flexibility index (Phi) is 6.62. The van der Waals surface area contributed by atoms with Gasteiger partial charge in [0.2, 0.25) is 5.91 Å². The third-order valence-corrected chi connectivity index (χ3v) is 3.86. The van der Waals surface area contributed by atoms with Gasteiger partial charge in [0.15, 0.2) is 0 Å². The minimum Gasteiger partial charge on any atom is -0.353 e. The average molecular weight is 241 g/mol. The fraction of sp³-hybridized carbons (Fsp3) is 0.769. The monoisotopic (exact) mass is 241 g/mol. The van der Waals surface area contributed by atoms with Crippen molar-refractivity contribution in [1.82, 2.24) is 5.32 Å². The largest absolute Gasteiger partial charge is 0.353 e. The van der Waals surface area contributed by atoms with Crippen molar-refractivity contribution >= 4 is 17.7 Å². The van der Waals surface area contributed by atoms with E-state index in [9.17, 15) is 4.79 Å². The summed E-state index contributed by atoms with van der Waals surface area (Å²) in [6.45, 7) is 4.27. The molecule has 0 saturated heterocycles. The Morgan fingerprint density at radius 3 is 3.00 bits per heavy atom. The molecule has 2 nitrogen and oxygen atoms in total. The summed E-state index contributed by atoms with van der Waals surface area (Å²) < 4.78 is 0. The average Bonchev–Trinajstić information content (AvgIpc) is 2.30. The highest BCUT2D eigenvalue weighted by Crippen LogP contribution is 2.18. The van der Waals surface area contributed by atoms with Crippen molar-refractivity contribution in [1.29, 1.82) is 0 Å². The number of carbonyl (C=O) groups excluding carboxylic acids is 1. The summed E-state index contributed by atoms with van der Waals surface area (Å²) >= 11 is 1.94. The number of hydrogen-bond donors (Lipinski definition) is 1. The molecule has 1 aliphatic carbocycles. The zero-order chi connectivity index (χ0) is 11.8. The lowest BCUT2D eigenvalue weighted by Gasteiger charge is -2.20. The minimum atomic E-state index is 0.214. The maximum atomic E-state index is 11.9.